The molecule has 1 N–H and O–H groups in total. The number of rotatable bonds is 3. The zero-order chi connectivity index (χ0) is 11.0. The van der Waals surface area contributed by atoms with Crippen LogP contribution in [0.1, 0.15) is 42.6 Å². The van der Waals surface area contributed by atoms with Crippen LogP contribution in [0.15, 0.2) is 18.2 Å². The van der Waals surface area contributed by atoms with Crippen LogP contribution in [0.2, 0.25) is 0 Å². The maximum atomic E-state index is 10.3. The molecule has 1 aliphatic carbocycles. The molecule has 1 fully saturated rings. The van der Waals surface area contributed by atoms with Gasteiger partial charge in [0.25, 0.3) is 0 Å². The predicted octanol–water partition coefficient (Wildman–Crippen LogP) is 3.38. The molecule has 0 spiro atoms. The molecule has 15 heavy (non-hydrogen) atoms. The molecule has 0 bridgehead atoms. The van der Waals surface area contributed by atoms with Gasteiger partial charge in [0.2, 0.25) is 0 Å². The number of hydrogen-bond acceptors (Lipinski definition) is 1. The summed E-state index contributed by atoms with van der Waals surface area (Å²) in [4.78, 5) is 0. The summed E-state index contributed by atoms with van der Waals surface area (Å²) in [5.41, 5.74) is 3.59. The van der Waals surface area contributed by atoms with Crippen LogP contribution in [0.25, 0.3) is 0 Å². The molecule has 0 amide bonds. The van der Waals surface area contributed by atoms with Gasteiger partial charge < -0.3 is 5.11 Å². The quantitative estimate of drug-likeness (QED) is 0.800. The van der Waals surface area contributed by atoms with Gasteiger partial charge in [-0.3, -0.25) is 0 Å². The van der Waals surface area contributed by atoms with Gasteiger partial charge >= 0.3 is 0 Å². The van der Waals surface area contributed by atoms with Gasteiger partial charge in [0.15, 0.2) is 0 Å². The minimum atomic E-state index is -0.280. The van der Waals surface area contributed by atoms with Crippen molar-refractivity contribution in [3.05, 3.63) is 34.9 Å². The summed E-state index contributed by atoms with van der Waals surface area (Å²) in [6.07, 6.45) is 2.31. The molecule has 0 aromatic heterocycles. The van der Waals surface area contributed by atoms with Gasteiger partial charge in [0, 0.05) is 0 Å². The molecule has 2 rings (SSSR count). The van der Waals surface area contributed by atoms with E-state index in [1.807, 2.05) is 0 Å². The van der Waals surface area contributed by atoms with Crippen molar-refractivity contribution in [2.24, 2.45) is 11.8 Å². The maximum Gasteiger partial charge on any atom is 0.0820 e. The topological polar surface area (TPSA) is 20.2 Å². The Hall–Kier alpha value is -0.820. The van der Waals surface area contributed by atoms with E-state index in [0.717, 1.165) is 11.5 Å². The Bertz CT molecular complexity index is 352. The molecule has 1 heteroatoms. The van der Waals surface area contributed by atoms with Gasteiger partial charge in [0.1, 0.15) is 0 Å². The fourth-order valence-electron chi connectivity index (χ4n) is 2.32. The molecule has 1 nitrogen and oxygen atoms in total. The standard InChI is InChI=1S/C14H20O/c1-9-4-7-13(10(2)8-9)14(15)11(3)12-5-6-12/h4,7-8,11-12,14-15H,5-6H2,1-3H3. The first kappa shape index (κ1) is 10.7. The first-order valence-electron chi connectivity index (χ1n) is 5.85. The van der Waals surface area contributed by atoms with Crippen LogP contribution in [-0.2, 0) is 0 Å². The normalized spacial score (nSPS) is 20.0. The summed E-state index contributed by atoms with van der Waals surface area (Å²) in [6, 6.07) is 6.32. The summed E-state index contributed by atoms with van der Waals surface area (Å²) >= 11 is 0. The molecule has 1 aromatic rings. The van der Waals surface area contributed by atoms with E-state index in [1.54, 1.807) is 0 Å². The molecule has 1 saturated carbocycles. The van der Waals surface area contributed by atoms with E-state index in [9.17, 15) is 5.11 Å². The summed E-state index contributed by atoms with van der Waals surface area (Å²) in [7, 11) is 0. The van der Waals surface area contributed by atoms with E-state index in [-0.39, 0.29) is 6.10 Å². The first-order valence-corrected chi connectivity index (χ1v) is 5.85. The number of aryl methyl sites for hydroxylation is 2. The smallest absolute Gasteiger partial charge is 0.0820 e. The lowest BCUT2D eigenvalue weighted by atomic mass is 9.90. The second kappa shape index (κ2) is 3.97. The number of aliphatic hydroxyl groups excluding tert-OH is 1. The van der Waals surface area contributed by atoms with Crippen molar-refractivity contribution < 1.29 is 5.11 Å². The van der Waals surface area contributed by atoms with E-state index in [1.165, 1.54) is 24.0 Å². The Kier molecular flexibility index (Phi) is 2.83. The highest BCUT2D eigenvalue weighted by molar-refractivity contribution is 5.32. The Morgan fingerprint density at radius 2 is 1.93 bits per heavy atom. The number of hydrogen-bond donors (Lipinski definition) is 1. The lowest BCUT2D eigenvalue weighted by Gasteiger charge is -2.20. The summed E-state index contributed by atoms with van der Waals surface area (Å²) in [6.45, 7) is 6.35. The third-order valence-corrected chi connectivity index (χ3v) is 3.61. The number of aliphatic hydroxyl groups is 1. The van der Waals surface area contributed by atoms with Crippen molar-refractivity contribution in [3.8, 4) is 0 Å². The van der Waals surface area contributed by atoms with Crippen LogP contribution in [0.5, 0.6) is 0 Å². The summed E-state index contributed by atoms with van der Waals surface area (Å²) in [5.74, 6) is 1.16. The van der Waals surface area contributed by atoms with Crippen LogP contribution < -0.4 is 0 Å². The van der Waals surface area contributed by atoms with Crippen molar-refractivity contribution in [2.45, 2.75) is 39.7 Å². The van der Waals surface area contributed by atoms with Gasteiger partial charge in [-0.05, 0) is 49.7 Å². The molecular formula is C14H20O. The zero-order valence-corrected chi connectivity index (χ0v) is 9.83. The molecule has 2 atom stereocenters. The Labute approximate surface area is 92.1 Å². The van der Waals surface area contributed by atoms with E-state index >= 15 is 0 Å². The SMILES string of the molecule is Cc1ccc(C(O)C(C)C2CC2)c(C)c1. The fourth-order valence-corrected chi connectivity index (χ4v) is 2.32. The summed E-state index contributed by atoms with van der Waals surface area (Å²) in [5, 5.41) is 10.3. The minimum Gasteiger partial charge on any atom is -0.388 e. The fraction of sp³-hybridized carbons (Fsp3) is 0.571. The van der Waals surface area contributed by atoms with Crippen molar-refractivity contribution in [2.75, 3.05) is 0 Å². The lowest BCUT2D eigenvalue weighted by Crippen LogP contribution is -2.12. The molecule has 0 radical (unpaired) electrons. The highest BCUT2D eigenvalue weighted by atomic mass is 16.3. The van der Waals surface area contributed by atoms with Gasteiger partial charge in [0.05, 0.1) is 6.10 Å². The highest BCUT2D eigenvalue weighted by Gasteiger charge is 2.33. The Morgan fingerprint density at radius 1 is 1.27 bits per heavy atom. The van der Waals surface area contributed by atoms with Crippen LogP contribution in [0.4, 0.5) is 0 Å². The molecule has 1 aromatic carbocycles. The van der Waals surface area contributed by atoms with Crippen LogP contribution >= 0.6 is 0 Å². The van der Waals surface area contributed by atoms with E-state index in [2.05, 4.69) is 39.0 Å². The van der Waals surface area contributed by atoms with Crippen LogP contribution in [-0.4, -0.2) is 5.11 Å². The van der Waals surface area contributed by atoms with Crippen LogP contribution in [0.3, 0.4) is 0 Å². The second-order valence-corrected chi connectivity index (χ2v) is 5.00. The van der Waals surface area contributed by atoms with Crippen LogP contribution in [0, 0.1) is 25.7 Å². The Balaban J connectivity index is 2.20. The largest absolute Gasteiger partial charge is 0.388 e. The monoisotopic (exact) mass is 204 g/mol. The molecule has 0 aliphatic heterocycles. The van der Waals surface area contributed by atoms with Crippen molar-refractivity contribution in [3.63, 3.8) is 0 Å². The van der Waals surface area contributed by atoms with Gasteiger partial charge in [-0.2, -0.15) is 0 Å². The highest BCUT2D eigenvalue weighted by Crippen LogP contribution is 2.43. The third kappa shape index (κ3) is 2.23. The molecule has 2 unspecified atom stereocenters. The molecule has 82 valence electrons. The maximum absolute atomic E-state index is 10.3. The van der Waals surface area contributed by atoms with Gasteiger partial charge in [-0.25, -0.2) is 0 Å². The third-order valence-electron chi connectivity index (χ3n) is 3.61. The van der Waals surface area contributed by atoms with E-state index in [4.69, 9.17) is 0 Å². The molecule has 0 heterocycles. The predicted molar refractivity (Wildman–Crippen MR) is 62.8 cm³/mol. The first-order chi connectivity index (χ1) is 7.09. The van der Waals surface area contributed by atoms with E-state index in [0.29, 0.717) is 5.92 Å². The van der Waals surface area contributed by atoms with Crippen molar-refractivity contribution >= 4 is 0 Å². The molecular weight excluding hydrogens is 184 g/mol. The average molecular weight is 204 g/mol. The van der Waals surface area contributed by atoms with Crippen molar-refractivity contribution in [1.82, 2.24) is 0 Å². The Morgan fingerprint density at radius 3 is 2.47 bits per heavy atom. The van der Waals surface area contributed by atoms with Gasteiger partial charge in [-0.15, -0.1) is 0 Å². The number of benzene rings is 1. The molecule has 1 aliphatic rings. The van der Waals surface area contributed by atoms with Crippen molar-refractivity contribution in [1.29, 1.82) is 0 Å². The molecule has 0 saturated heterocycles. The lowest BCUT2D eigenvalue weighted by molar-refractivity contribution is 0.105. The van der Waals surface area contributed by atoms with Gasteiger partial charge in [-0.1, -0.05) is 30.7 Å². The van der Waals surface area contributed by atoms with E-state index < -0.39 is 0 Å². The summed E-state index contributed by atoms with van der Waals surface area (Å²) < 4.78 is 0. The zero-order valence-electron chi connectivity index (χ0n) is 9.83. The average Bonchev–Trinajstić information content (AvgIpc) is 2.99. The minimum absolute atomic E-state index is 0.280. The second-order valence-electron chi connectivity index (χ2n) is 5.00.